The van der Waals surface area contributed by atoms with Gasteiger partial charge in [-0.05, 0) is 53.9 Å². The minimum absolute atomic E-state index is 0.0588. The molecule has 0 atom stereocenters. The number of nitrogens with zero attached hydrogens (tertiary/aromatic N) is 3. The van der Waals surface area contributed by atoms with Gasteiger partial charge < -0.3 is 10.1 Å². The van der Waals surface area contributed by atoms with Gasteiger partial charge in [0.15, 0.2) is 17.6 Å². The Hall–Kier alpha value is -3.70. The first-order chi connectivity index (χ1) is 16.3. The Kier molecular flexibility index (Phi) is 6.94. The molecule has 0 aliphatic carbocycles. The SMILES string of the molecule is CC(C)c1ccc(OCn2ccc(C(=O)Nc3ccc(S(=O)(=O)Nc4nccs4)cc3)n2)cc1. The summed E-state index contributed by atoms with van der Waals surface area (Å²) in [5.74, 6) is 0.740. The molecule has 1 amide bonds. The molecule has 4 aromatic rings. The van der Waals surface area contributed by atoms with Crippen molar-refractivity contribution in [1.82, 2.24) is 14.8 Å². The summed E-state index contributed by atoms with van der Waals surface area (Å²) in [6, 6.07) is 15.3. The number of hydrogen-bond acceptors (Lipinski definition) is 7. The fourth-order valence-electron chi connectivity index (χ4n) is 3.00. The summed E-state index contributed by atoms with van der Waals surface area (Å²) in [6.07, 6.45) is 3.16. The zero-order valence-corrected chi connectivity index (χ0v) is 20.1. The van der Waals surface area contributed by atoms with E-state index in [1.807, 2.05) is 24.3 Å². The molecule has 0 radical (unpaired) electrons. The lowest BCUT2D eigenvalue weighted by molar-refractivity contribution is 0.102. The molecule has 0 fully saturated rings. The molecular weight excluding hydrogens is 474 g/mol. The molecule has 0 unspecified atom stereocenters. The van der Waals surface area contributed by atoms with E-state index in [0.29, 0.717) is 17.4 Å². The largest absolute Gasteiger partial charge is 0.471 e. The van der Waals surface area contributed by atoms with Crippen molar-refractivity contribution in [1.29, 1.82) is 0 Å². The van der Waals surface area contributed by atoms with E-state index < -0.39 is 15.9 Å². The maximum Gasteiger partial charge on any atom is 0.276 e. The second-order valence-electron chi connectivity index (χ2n) is 7.66. The van der Waals surface area contributed by atoms with Gasteiger partial charge >= 0.3 is 0 Å². The number of thiazole rings is 1. The molecule has 0 saturated carbocycles. The van der Waals surface area contributed by atoms with Crippen LogP contribution in [0.1, 0.15) is 35.8 Å². The molecule has 0 bridgehead atoms. The summed E-state index contributed by atoms with van der Waals surface area (Å²) in [5, 5.41) is 8.90. The van der Waals surface area contributed by atoms with Crippen LogP contribution in [0.25, 0.3) is 0 Å². The number of carbonyl (C=O) groups excluding carboxylic acids is 1. The van der Waals surface area contributed by atoms with Crippen molar-refractivity contribution in [2.24, 2.45) is 0 Å². The van der Waals surface area contributed by atoms with Gasteiger partial charge in [0.25, 0.3) is 15.9 Å². The smallest absolute Gasteiger partial charge is 0.276 e. The highest BCUT2D eigenvalue weighted by Crippen LogP contribution is 2.20. The van der Waals surface area contributed by atoms with Crippen LogP contribution in [0.2, 0.25) is 0 Å². The Labute approximate surface area is 201 Å². The van der Waals surface area contributed by atoms with E-state index in [2.05, 4.69) is 34.0 Å². The molecule has 2 heterocycles. The minimum atomic E-state index is -3.76. The molecule has 2 aromatic heterocycles. The molecule has 0 saturated heterocycles. The second kappa shape index (κ2) is 10.1. The topological polar surface area (TPSA) is 115 Å². The second-order valence-corrected chi connectivity index (χ2v) is 10.2. The molecule has 2 aromatic carbocycles. The van der Waals surface area contributed by atoms with Crippen molar-refractivity contribution in [2.75, 3.05) is 10.0 Å². The lowest BCUT2D eigenvalue weighted by Crippen LogP contribution is -2.15. The number of hydrogen-bond donors (Lipinski definition) is 2. The molecule has 9 nitrogen and oxygen atoms in total. The summed E-state index contributed by atoms with van der Waals surface area (Å²) < 4.78 is 34.5. The van der Waals surface area contributed by atoms with E-state index in [1.54, 1.807) is 17.6 Å². The molecule has 0 aliphatic rings. The van der Waals surface area contributed by atoms with Crippen LogP contribution >= 0.6 is 11.3 Å². The van der Waals surface area contributed by atoms with E-state index in [9.17, 15) is 13.2 Å². The lowest BCUT2D eigenvalue weighted by Gasteiger charge is -2.09. The highest BCUT2D eigenvalue weighted by Gasteiger charge is 2.16. The highest BCUT2D eigenvalue weighted by molar-refractivity contribution is 7.93. The Balaban J connectivity index is 1.33. The minimum Gasteiger partial charge on any atom is -0.471 e. The van der Waals surface area contributed by atoms with E-state index in [0.717, 1.165) is 0 Å². The van der Waals surface area contributed by atoms with Crippen LogP contribution in [-0.2, 0) is 16.8 Å². The normalized spacial score (nSPS) is 11.4. The first-order valence-electron chi connectivity index (χ1n) is 10.4. The number of nitrogens with one attached hydrogen (secondary N) is 2. The number of amides is 1. The fourth-order valence-corrected chi connectivity index (χ4v) is 4.79. The van der Waals surface area contributed by atoms with Gasteiger partial charge in [-0.15, -0.1) is 11.3 Å². The summed E-state index contributed by atoms with van der Waals surface area (Å²) in [7, 11) is -3.76. The van der Waals surface area contributed by atoms with Crippen molar-refractivity contribution < 1.29 is 17.9 Å². The van der Waals surface area contributed by atoms with Gasteiger partial charge in [0, 0.05) is 23.5 Å². The number of sulfonamides is 1. The molecule has 176 valence electrons. The van der Waals surface area contributed by atoms with Crippen LogP contribution < -0.4 is 14.8 Å². The van der Waals surface area contributed by atoms with E-state index in [-0.39, 0.29) is 22.5 Å². The number of aromatic nitrogens is 3. The van der Waals surface area contributed by atoms with Crippen LogP contribution in [0.4, 0.5) is 10.8 Å². The van der Waals surface area contributed by atoms with Crippen molar-refractivity contribution in [2.45, 2.75) is 31.4 Å². The molecule has 34 heavy (non-hydrogen) atoms. The van der Waals surface area contributed by atoms with Gasteiger partial charge in [0.05, 0.1) is 4.90 Å². The average Bonchev–Trinajstić information content (AvgIpc) is 3.50. The summed E-state index contributed by atoms with van der Waals surface area (Å²) in [4.78, 5) is 16.5. The van der Waals surface area contributed by atoms with Crippen molar-refractivity contribution in [3.05, 3.63) is 83.6 Å². The van der Waals surface area contributed by atoms with Gasteiger partial charge in [-0.3, -0.25) is 9.52 Å². The van der Waals surface area contributed by atoms with Gasteiger partial charge in [-0.2, -0.15) is 5.10 Å². The quantitative estimate of drug-likeness (QED) is 0.350. The van der Waals surface area contributed by atoms with Crippen molar-refractivity contribution >= 4 is 38.1 Å². The Bertz CT molecular complexity index is 1350. The van der Waals surface area contributed by atoms with Crippen LogP contribution in [0.15, 0.2) is 77.3 Å². The number of ether oxygens (including phenoxy) is 1. The number of benzene rings is 2. The lowest BCUT2D eigenvalue weighted by atomic mass is 10.0. The maximum atomic E-state index is 12.5. The summed E-state index contributed by atoms with van der Waals surface area (Å²) >= 11 is 1.18. The van der Waals surface area contributed by atoms with Crippen LogP contribution in [0.5, 0.6) is 5.75 Å². The third kappa shape index (κ3) is 5.80. The molecule has 2 N–H and O–H groups in total. The van der Waals surface area contributed by atoms with Crippen LogP contribution in [0.3, 0.4) is 0 Å². The number of carbonyl (C=O) groups is 1. The Morgan fingerprint density at radius 3 is 2.47 bits per heavy atom. The average molecular weight is 498 g/mol. The molecular formula is C23H23N5O4S2. The summed E-state index contributed by atoms with van der Waals surface area (Å²) in [6.45, 7) is 4.42. The molecule has 11 heteroatoms. The van der Waals surface area contributed by atoms with Crippen molar-refractivity contribution in [3.63, 3.8) is 0 Å². The van der Waals surface area contributed by atoms with Gasteiger partial charge in [-0.1, -0.05) is 26.0 Å². The number of anilines is 2. The first-order valence-corrected chi connectivity index (χ1v) is 12.8. The third-order valence-corrected chi connectivity index (χ3v) is 7.03. The first kappa shape index (κ1) is 23.5. The van der Waals surface area contributed by atoms with Gasteiger partial charge in [0.1, 0.15) is 5.75 Å². The molecule has 0 aliphatic heterocycles. The van der Waals surface area contributed by atoms with E-state index in [4.69, 9.17) is 4.74 Å². The Morgan fingerprint density at radius 2 is 1.82 bits per heavy atom. The van der Waals surface area contributed by atoms with E-state index >= 15 is 0 Å². The standard InChI is InChI=1S/C23H23N5O4S2/c1-16(2)17-3-7-19(8-4-17)32-15-28-13-11-21(26-28)22(29)25-18-5-9-20(10-6-18)34(30,31)27-23-24-12-14-33-23/h3-14,16H,15H2,1-2H3,(H,24,27)(H,25,29). The Morgan fingerprint density at radius 1 is 1.09 bits per heavy atom. The molecule has 0 spiro atoms. The number of rotatable bonds is 9. The van der Waals surface area contributed by atoms with Crippen LogP contribution in [-0.4, -0.2) is 29.1 Å². The molecule has 4 rings (SSSR count). The fraction of sp³-hybridized carbons (Fsp3) is 0.174. The maximum absolute atomic E-state index is 12.5. The van der Waals surface area contributed by atoms with Crippen LogP contribution in [0, 0.1) is 0 Å². The van der Waals surface area contributed by atoms with Gasteiger partial charge in [0.2, 0.25) is 0 Å². The highest BCUT2D eigenvalue weighted by atomic mass is 32.2. The van der Waals surface area contributed by atoms with Gasteiger partial charge in [-0.25, -0.2) is 18.1 Å². The van der Waals surface area contributed by atoms with E-state index in [1.165, 1.54) is 52.0 Å². The monoisotopic (exact) mass is 497 g/mol. The summed E-state index contributed by atoms with van der Waals surface area (Å²) in [5.41, 5.74) is 1.88. The zero-order valence-electron chi connectivity index (χ0n) is 18.5. The predicted octanol–water partition coefficient (Wildman–Crippen LogP) is 4.55. The van der Waals surface area contributed by atoms with Crippen molar-refractivity contribution in [3.8, 4) is 5.75 Å². The third-order valence-electron chi connectivity index (χ3n) is 4.86. The zero-order chi connectivity index (χ0) is 24.1. The predicted molar refractivity (Wildman–Crippen MR) is 131 cm³/mol.